The molecule has 1 saturated heterocycles. The average molecular weight is 379 g/mol. The van der Waals surface area contributed by atoms with Gasteiger partial charge in [-0.25, -0.2) is 8.42 Å². The molecule has 0 bridgehead atoms. The zero-order valence-electron chi connectivity index (χ0n) is 14.1. The topological polar surface area (TPSA) is 40.6 Å². The van der Waals surface area contributed by atoms with Crippen LogP contribution in [0.25, 0.3) is 0 Å². The first-order valence-corrected chi connectivity index (χ1v) is 10.4. The van der Waals surface area contributed by atoms with Crippen molar-refractivity contribution in [3.63, 3.8) is 0 Å². The Morgan fingerprint density at radius 3 is 2.32 bits per heavy atom. The molecule has 0 radical (unpaired) electrons. The van der Waals surface area contributed by atoms with Crippen molar-refractivity contribution >= 4 is 21.6 Å². The molecule has 4 nitrogen and oxygen atoms in total. The van der Waals surface area contributed by atoms with Crippen molar-refractivity contribution in [3.05, 3.63) is 65.2 Å². The molecule has 0 aliphatic carbocycles. The van der Waals surface area contributed by atoms with Gasteiger partial charge in [-0.2, -0.15) is 4.31 Å². The summed E-state index contributed by atoms with van der Waals surface area (Å²) in [5.74, 6) is 0. The number of hydrogen-bond donors (Lipinski definition) is 0. The summed E-state index contributed by atoms with van der Waals surface area (Å²) in [7, 11) is -3.45. The normalized spacial score (nSPS) is 16.8. The van der Waals surface area contributed by atoms with Crippen molar-refractivity contribution in [2.45, 2.75) is 17.7 Å². The molecule has 1 heterocycles. The first-order valence-electron chi connectivity index (χ1n) is 8.58. The van der Waals surface area contributed by atoms with Crippen molar-refractivity contribution < 1.29 is 8.42 Å². The van der Waals surface area contributed by atoms with E-state index in [1.54, 1.807) is 22.5 Å². The Labute approximate surface area is 155 Å². The molecule has 0 amide bonds. The lowest BCUT2D eigenvalue weighted by Crippen LogP contribution is -2.48. The summed E-state index contributed by atoms with van der Waals surface area (Å²) >= 11 is 5.93. The van der Waals surface area contributed by atoms with E-state index in [2.05, 4.69) is 29.2 Å². The van der Waals surface area contributed by atoms with E-state index in [-0.39, 0.29) is 4.90 Å². The molecule has 6 heteroatoms. The molecule has 134 valence electrons. The van der Waals surface area contributed by atoms with Gasteiger partial charge in [0.1, 0.15) is 0 Å². The highest BCUT2D eigenvalue weighted by atomic mass is 35.5. The second kappa shape index (κ2) is 8.32. The average Bonchev–Trinajstić information content (AvgIpc) is 2.63. The van der Waals surface area contributed by atoms with Gasteiger partial charge in [-0.3, -0.25) is 0 Å². The van der Waals surface area contributed by atoms with Crippen LogP contribution >= 0.6 is 11.6 Å². The zero-order valence-corrected chi connectivity index (χ0v) is 15.7. The molecular weight excluding hydrogens is 356 g/mol. The summed E-state index contributed by atoms with van der Waals surface area (Å²) in [6.45, 7) is 3.60. The summed E-state index contributed by atoms with van der Waals surface area (Å²) in [6, 6.07) is 16.9. The molecule has 3 rings (SSSR count). The van der Waals surface area contributed by atoms with Gasteiger partial charge in [0, 0.05) is 31.2 Å². The standard InChI is InChI=1S/C19H23ClN2O2S/c20-18-9-4-10-19(16-18)25(23,24)22-14-12-21(13-15-22)11-5-8-17-6-2-1-3-7-17/h1-4,6-7,9-10,16H,5,8,11-15H2. The summed E-state index contributed by atoms with van der Waals surface area (Å²) < 4.78 is 26.9. The van der Waals surface area contributed by atoms with E-state index >= 15 is 0 Å². The lowest BCUT2D eigenvalue weighted by molar-refractivity contribution is 0.187. The van der Waals surface area contributed by atoms with Gasteiger partial charge in [-0.15, -0.1) is 0 Å². The molecule has 25 heavy (non-hydrogen) atoms. The minimum atomic E-state index is -3.45. The SMILES string of the molecule is O=S(=O)(c1cccc(Cl)c1)N1CCN(CCCc2ccccc2)CC1. The van der Waals surface area contributed by atoms with E-state index in [0.29, 0.717) is 18.1 Å². The third kappa shape index (κ3) is 4.82. The highest BCUT2D eigenvalue weighted by Gasteiger charge is 2.28. The van der Waals surface area contributed by atoms with Gasteiger partial charge in [0.2, 0.25) is 10.0 Å². The Bertz CT molecular complexity index is 788. The van der Waals surface area contributed by atoms with Crippen LogP contribution in [0.1, 0.15) is 12.0 Å². The fourth-order valence-electron chi connectivity index (χ4n) is 3.12. The Balaban J connectivity index is 1.50. The van der Waals surface area contributed by atoms with Crippen LogP contribution in [0.4, 0.5) is 0 Å². The minimum absolute atomic E-state index is 0.275. The number of aryl methyl sites for hydroxylation is 1. The fraction of sp³-hybridized carbons (Fsp3) is 0.368. The highest BCUT2D eigenvalue weighted by molar-refractivity contribution is 7.89. The molecule has 1 fully saturated rings. The van der Waals surface area contributed by atoms with Crippen molar-refractivity contribution in [1.82, 2.24) is 9.21 Å². The largest absolute Gasteiger partial charge is 0.301 e. The molecule has 0 unspecified atom stereocenters. The molecule has 2 aromatic rings. The molecule has 2 aromatic carbocycles. The molecular formula is C19H23ClN2O2S. The van der Waals surface area contributed by atoms with Gasteiger partial charge < -0.3 is 4.90 Å². The number of nitrogens with zero attached hydrogens (tertiary/aromatic N) is 2. The first kappa shape index (κ1) is 18.4. The van der Waals surface area contributed by atoms with Crippen molar-refractivity contribution in [2.75, 3.05) is 32.7 Å². The maximum absolute atomic E-state index is 12.7. The summed E-state index contributed by atoms with van der Waals surface area (Å²) in [5.41, 5.74) is 1.35. The Morgan fingerprint density at radius 2 is 1.64 bits per heavy atom. The highest BCUT2D eigenvalue weighted by Crippen LogP contribution is 2.21. The third-order valence-electron chi connectivity index (χ3n) is 4.55. The number of halogens is 1. The fourth-order valence-corrected chi connectivity index (χ4v) is 4.85. The van der Waals surface area contributed by atoms with E-state index in [4.69, 9.17) is 11.6 Å². The number of rotatable bonds is 6. The molecule has 0 N–H and O–H groups in total. The Kier molecular flexibility index (Phi) is 6.12. The second-order valence-electron chi connectivity index (χ2n) is 6.29. The lowest BCUT2D eigenvalue weighted by Gasteiger charge is -2.34. The van der Waals surface area contributed by atoms with Gasteiger partial charge in [-0.05, 0) is 43.1 Å². The quantitative estimate of drug-likeness (QED) is 0.774. The van der Waals surface area contributed by atoms with Crippen molar-refractivity contribution in [2.24, 2.45) is 0 Å². The summed E-state index contributed by atoms with van der Waals surface area (Å²) in [5, 5.41) is 0.445. The summed E-state index contributed by atoms with van der Waals surface area (Å²) in [4.78, 5) is 2.62. The van der Waals surface area contributed by atoms with Crippen LogP contribution in [0, 0.1) is 0 Å². The molecule has 0 atom stereocenters. The molecule has 0 spiro atoms. The Hall–Kier alpha value is -1.40. The Morgan fingerprint density at radius 1 is 0.920 bits per heavy atom. The van der Waals surface area contributed by atoms with E-state index in [1.807, 2.05) is 6.07 Å². The van der Waals surface area contributed by atoms with Gasteiger partial charge in [0.25, 0.3) is 0 Å². The van der Waals surface area contributed by atoms with Crippen molar-refractivity contribution in [3.8, 4) is 0 Å². The van der Waals surface area contributed by atoms with Crippen LogP contribution in [0.2, 0.25) is 5.02 Å². The maximum Gasteiger partial charge on any atom is 0.243 e. The predicted molar refractivity (Wildman–Crippen MR) is 101 cm³/mol. The second-order valence-corrected chi connectivity index (χ2v) is 8.67. The maximum atomic E-state index is 12.7. The number of hydrogen-bond acceptors (Lipinski definition) is 3. The number of sulfonamides is 1. The molecule has 1 aliphatic heterocycles. The van der Waals surface area contributed by atoms with Crippen molar-refractivity contribution in [1.29, 1.82) is 0 Å². The molecule has 1 aliphatic rings. The van der Waals surface area contributed by atoms with Gasteiger partial charge in [0.15, 0.2) is 0 Å². The van der Waals surface area contributed by atoms with Crippen LogP contribution in [0.15, 0.2) is 59.5 Å². The van der Waals surface area contributed by atoms with Crippen LogP contribution in [0.5, 0.6) is 0 Å². The summed E-state index contributed by atoms with van der Waals surface area (Å²) in [6.07, 6.45) is 2.15. The molecule has 0 aromatic heterocycles. The van der Waals surface area contributed by atoms with E-state index in [0.717, 1.165) is 32.5 Å². The van der Waals surface area contributed by atoms with E-state index < -0.39 is 10.0 Å². The van der Waals surface area contributed by atoms with E-state index in [1.165, 1.54) is 11.6 Å². The lowest BCUT2D eigenvalue weighted by atomic mass is 10.1. The number of benzene rings is 2. The van der Waals surface area contributed by atoms with Crippen LogP contribution in [-0.2, 0) is 16.4 Å². The van der Waals surface area contributed by atoms with E-state index in [9.17, 15) is 8.42 Å². The molecule has 0 saturated carbocycles. The van der Waals surface area contributed by atoms with Gasteiger partial charge >= 0.3 is 0 Å². The van der Waals surface area contributed by atoms with Crippen LogP contribution in [-0.4, -0.2) is 50.3 Å². The minimum Gasteiger partial charge on any atom is -0.301 e. The monoisotopic (exact) mass is 378 g/mol. The van der Waals surface area contributed by atoms with Crippen LogP contribution in [0.3, 0.4) is 0 Å². The van der Waals surface area contributed by atoms with Crippen LogP contribution < -0.4 is 0 Å². The first-order chi connectivity index (χ1) is 12.1. The third-order valence-corrected chi connectivity index (χ3v) is 6.68. The zero-order chi connectivity index (χ0) is 17.7. The number of piperazine rings is 1. The van der Waals surface area contributed by atoms with Gasteiger partial charge in [-0.1, -0.05) is 48.0 Å². The smallest absolute Gasteiger partial charge is 0.243 e. The predicted octanol–water partition coefficient (Wildman–Crippen LogP) is 3.28. The van der Waals surface area contributed by atoms with Gasteiger partial charge in [0.05, 0.1) is 4.90 Å².